The van der Waals surface area contributed by atoms with E-state index < -0.39 is 0 Å². The van der Waals surface area contributed by atoms with Crippen molar-refractivity contribution in [3.63, 3.8) is 0 Å². The Labute approximate surface area is 269 Å². The maximum absolute atomic E-state index is 6.29. The first-order valence-corrected chi connectivity index (χ1v) is 15.6. The van der Waals surface area contributed by atoms with Gasteiger partial charge >= 0.3 is 0 Å². The molecule has 8 aromatic rings. The molecule has 46 heavy (non-hydrogen) atoms. The molecule has 1 heterocycles. The SMILES string of the molecule is c1ccc(C(=C(c2ccccc2)c2ccc(N(c3ccccc3)c3ccc4c(c3)oc3ccccc34)cc2)c2ccccc2)cc1. The quantitative estimate of drug-likeness (QED) is 0.172. The molecule has 2 heteroatoms. The predicted molar refractivity (Wildman–Crippen MR) is 193 cm³/mol. The first-order valence-electron chi connectivity index (χ1n) is 15.6. The highest BCUT2D eigenvalue weighted by atomic mass is 16.3. The van der Waals surface area contributed by atoms with Crippen molar-refractivity contribution >= 4 is 50.1 Å². The molecule has 7 aromatic carbocycles. The fourth-order valence-corrected chi connectivity index (χ4v) is 6.38. The lowest BCUT2D eigenvalue weighted by Crippen LogP contribution is -2.09. The number of fused-ring (bicyclic) bond motifs is 3. The van der Waals surface area contributed by atoms with Crippen LogP contribution in [0.15, 0.2) is 192 Å². The molecule has 0 amide bonds. The van der Waals surface area contributed by atoms with Crippen LogP contribution in [0.1, 0.15) is 22.3 Å². The van der Waals surface area contributed by atoms with Crippen molar-refractivity contribution in [2.24, 2.45) is 0 Å². The Kier molecular flexibility index (Phi) is 7.22. The van der Waals surface area contributed by atoms with Gasteiger partial charge in [0.2, 0.25) is 0 Å². The van der Waals surface area contributed by atoms with Gasteiger partial charge in [0, 0.05) is 33.9 Å². The largest absolute Gasteiger partial charge is 0.456 e. The third kappa shape index (κ3) is 5.16. The summed E-state index contributed by atoms with van der Waals surface area (Å²) in [6, 6.07) is 66.3. The van der Waals surface area contributed by atoms with Crippen LogP contribution in [-0.4, -0.2) is 0 Å². The van der Waals surface area contributed by atoms with Gasteiger partial charge in [-0.1, -0.05) is 140 Å². The van der Waals surface area contributed by atoms with Crippen LogP contribution in [0, 0.1) is 0 Å². The molecule has 0 bridgehead atoms. The third-order valence-corrected chi connectivity index (χ3v) is 8.49. The molecule has 0 aliphatic heterocycles. The van der Waals surface area contributed by atoms with Gasteiger partial charge in [-0.05, 0) is 75.9 Å². The highest BCUT2D eigenvalue weighted by Gasteiger charge is 2.18. The average molecular weight is 590 g/mol. The molecule has 0 atom stereocenters. The lowest BCUT2D eigenvalue weighted by atomic mass is 9.86. The van der Waals surface area contributed by atoms with E-state index in [-0.39, 0.29) is 0 Å². The van der Waals surface area contributed by atoms with E-state index in [0.717, 1.165) is 44.6 Å². The molecule has 0 N–H and O–H groups in total. The molecule has 0 fully saturated rings. The summed E-state index contributed by atoms with van der Waals surface area (Å²) in [5.41, 5.74) is 12.1. The standard InChI is InChI=1S/C44H31NO/c1-5-15-32(16-6-1)43(33-17-7-2-8-18-33)44(34-19-9-3-10-20-34)35-25-27-37(28-26-35)45(36-21-11-4-12-22-36)38-29-30-40-39-23-13-14-24-41(39)46-42(40)31-38/h1-31H. The van der Waals surface area contributed by atoms with Crippen LogP contribution in [0.2, 0.25) is 0 Å². The van der Waals surface area contributed by atoms with E-state index in [4.69, 9.17) is 4.42 Å². The molecule has 0 aliphatic rings. The Hall–Kier alpha value is -6.12. The third-order valence-electron chi connectivity index (χ3n) is 8.49. The van der Waals surface area contributed by atoms with Gasteiger partial charge in [0.15, 0.2) is 0 Å². The predicted octanol–water partition coefficient (Wildman–Crippen LogP) is 12.1. The lowest BCUT2D eigenvalue weighted by molar-refractivity contribution is 0.669. The van der Waals surface area contributed by atoms with E-state index in [1.165, 1.54) is 27.8 Å². The zero-order chi connectivity index (χ0) is 30.7. The second-order valence-corrected chi connectivity index (χ2v) is 11.3. The molecule has 0 unspecified atom stereocenters. The number of rotatable bonds is 7. The van der Waals surface area contributed by atoms with Crippen LogP contribution in [0.5, 0.6) is 0 Å². The molecule has 2 nitrogen and oxygen atoms in total. The van der Waals surface area contributed by atoms with Gasteiger partial charge in [-0.25, -0.2) is 0 Å². The van der Waals surface area contributed by atoms with Crippen molar-refractivity contribution in [3.8, 4) is 0 Å². The highest BCUT2D eigenvalue weighted by Crippen LogP contribution is 2.41. The first-order chi connectivity index (χ1) is 22.8. The summed E-state index contributed by atoms with van der Waals surface area (Å²) in [6.45, 7) is 0. The second kappa shape index (κ2) is 12.1. The van der Waals surface area contributed by atoms with Crippen molar-refractivity contribution in [3.05, 3.63) is 210 Å². The van der Waals surface area contributed by atoms with Crippen molar-refractivity contribution < 1.29 is 4.42 Å². The molecule has 0 aliphatic carbocycles. The van der Waals surface area contributed by atoms with Gasteiger partial charge < -0.3 is 9.32 Å². The summed E-state index contributed by atoms with van der Waals surface area (Å²) < 4.78 is 6.29. The molecular formula is C44H31NO. The molecule has 0 saturated carbocycles. The maximum atomic E-state index is 6.29. The Morgan fingerprint density at radius 2 is 0.739 bits per heavy atom. The Morgan fingerprint density at radius 3 is 1.30 bits per heavy atom. The Morgan fingerprint density at radius 1 is 0.326 bits per heavy atom. The number of nitrogens with zero attached hydrogens (tertiary/aromatic N) is 1. The summed E-state index contributed by atoms with van der Waals surface area (Å²) in [5, 5.41) is 2.25. The normalized spacial score (nSPS) is 11.0. The fraction of sp³-hybridized carbons (Fsp3) is 0. The van der Waals surface area contributed by atoms with Gasteiger partial charge in [0.05, 0.1) is 0 Å². The Bertz CT molecular complexity index is 2230. The molecule has 8 rings (SSSR count). The monoisotopic (exact) mass is 589 g/mol. The van der Waals surface area contributed by atoms with Crippen LogP contribution in [0.3, 0.4) is 0 Å². The van der Waals surface area contributed by atoms with Gasteiger partial charge in [-0.2, -0.15) is 0 Å². The Balaban J connectivity index is 1.30. The summed E-state index contributed by atoms with van der Waals surface area (Å²) >= 11 is 0. The molecule has 218 valence electrons. The van der Waals surface area contributed by atoms with Crippen molar-refractivity contribution in [2.45, 2.75) is 0 Å². The summed E-state index contributed by atoms with van der Waals surface area (Å²) in [7, 11) is 0. The first kappa shape index (κ1) is 27.4. The van der Waals surface area contributed by atoms with E-state index in [1.54, 1.807) is 0 Å². The molecule has 0 spiro atoms. The minimum absolute atomic E-state index is 0.876. The summed E-state index contributed by atoms with van der Waals surface area (Å²) in [5.74, 6) is 0. The van der Waals surface area contributed by atoms with Crippen molar-refractivity contribution in [1.29, 1.82) is 0 Å². The summed E-state index contributed by atoms with van der Waals surface area (Å²) in [4.78, 5) is 2.29. The van der Waals surface area contributed by atoms with Gasteiger partial charge in [-0.3, -0.25) is 0 Å². The van der Waals surface area contributed by atoms with Crippen molar-refractivity contribution in [1.82, 2.24) is 0 Å². The second-order valence-electron chi connectivity index (χ2n) is 11.3. The number of anilines is 3. The van der Waals surface area contributed by atoms with Gasteiger partial charge in [0.1, 0.15) is 11.2 Å². The number of para-hydroxylation sites is 2. The van der Waals surface area contributed by atoms with Crippen LogP contribution in [0.25, 0.3) is 33.1 Å². The number of hydrogen-bond donors (Lipinski definition) is 0. The van der Waals surface area contributed by atoms with Crippen LogP contribution in [0.4, 0.5) is 17.1 Å². The van der Waals surface area contributed by atoms with E-state index >= 15 is 0 Å². The van der Waals surface area contributed by atoms with Gasteiger partial charge in [0.25, 0.3) is 0 Å². The number of benzene rings is 7. The van der Waals surface area contributed by atoms with E-state index in [1.807, 2.05) is 12.1 Å². The highest BCUT2D eigenvalue weighted by molar-refractivity contribution is 6.06. The maximum Gasteiger partial charge on any atom is 0.137 e. The van der Waals surface area contributed by atoms with Crippen molar-refractivity contribution in [2.75, 3.05) is 4.90 Å². The summed E-state index contributed by atoms with van der Waals surface area (Å²) in [6.07, 6.45) is 0. The smallest absolute Gasteiger partial charge is 0.137 e. The molecule has 1 aromatic heterocycles. The molecule has 0 radical (unpaired) electrons. The van der Waals surface area contributed by atoms with Crippen LogP contribution in [-0.2, 0) is 0 Å². The van der Waals surface area contributed by atoms with Gasteiger partial charge in [-0.15, -0.1) is 0 Å². The lowest BCUT2D eigenvalue weighted by Gasteiger charge is -2.26. The minimum atomic E-state index is 0.876. The minimum Gasteiger partial charge on any atom is -0.456 e. The van der Waals surface area contributed by atoms with Crippen LogP contribution < -0.4 is 4.90 Å². The number of hydrogen-bond acceptors (Lipinski definition) is 2. The number of furan rings is 1. The fourth-order valence-electron chi connectivity index (χ4n) is 6.38. The zero-order valence-electron chi connectivity index (χ0n) is 25.3. The van der Waals surface area contributed by atoms with E-state index in [9.17, 15) is 0 Å². The average Bonchev–Trinajstić information content (AvgIpc) is 3.51. The zero-order valence-corrected chi connectivity index (χ0v) is 25.3. The topological polar surface area (TPSA) is 16.4 Å². The molecular weight excluding hydrogens is 558 g/mol. The van der Waals surface area contributed by atoms with E-state index in [2.05, 4.69) is 181 Å². The van der Waals surface area contributed by atoms with E-state index in [0.29, 0.717) is 0 Å². The van der Waals surface area contributed by atoms with Crippen LogP contribution >= 0.6 is 0 Å². The molecule has 0 saturated heterocycles.